The fourth-order valence-corrected chi connectivity index (χ4v) is 2.57. The molecule has 0 fully saturated rings. The van der Waals surface area contributed by atoms with Crippen molar-refractivity contribution in [2.45, 2.75) is 12.5 Å². The molecule has 1 aromatic carbocycles. The van der Waals surface area contributed by atoms with Crippen LogP contribution in [0, 0.1) is 0 Å². The van der Waals surface area contributed by atoms with Crippen molar-refractivity contribution in [1.29, 1.82) is 0 Å². The minimum Gasteiger partial charge on any atom is -0.493 e. The molecule has 1 aromatic rings. The highest BCUT2D eigenvalue weighted by atomic mass is 16.5. The molecule has 2 N–H and O–H groups in total. The highest BCUT2D eigenvalue weighted by molar-refractivity contribution is 5.56. The Morgan fingerprint density at radius 1 is 1.50 bits per heavy atom. The predicted octanol–water partition coefficient (Wildman–Crippen LogP) is 1.19. The summed E-state index contributed by atoms with van der Waals surface area (Å²) in [6.45, 7) is 2.91. The number of nitrogens with two attached hydrogens (primary N) is 1. The van der Waals surface area contributed by atoms with Gasteiger partial charge in [0.1, 0.15) is 5.75 Å². The van der Waals surface area contributed by atoms with Crippen molar-refractivity contribution in [3.8, 4) is 5.75 Å². The maximum Gasteiger partial charge on any atom is 0.125 e. The van der Waals surface area contributed by atoms with Gasteiger partial charge in [-0.25, -0.2) is 0 Å². The van der Waals surface area contributed by atoms with Crippen molar-refractivity contribution in [2.24, 2.45) is 0 Å². The number of nitrogens with zero attached hydrogens (tertiary/aromatic N) is 1. The number of ether oxygens (including phenoxy) is 1. The van der Waals surface area contributed by atoms with E-state index in [1.165, 1.54) is 11.1 Å². The van der Waals surface area contributed by atoms with Gasteiger partial charge in [0.15, 0.2) is 0 Å². The first kappa shape index (κ1) is 8.12. The number of hydrogen-bond acceptors (Lipinski definition) is 3. The first-order chi connectivity index (χ1) is 6.74. The molecule has 0 spiro atoms. The second-order valence-electron chi connectivity index (χ2n) is 4.30. The van der Waals surface area contributed by atoms with Crippen LogP contribution in [-0.2, 0) is 6.54 Å². The minimum absolute atomic E-state index is 0.555. The van der Waals surface area contributed by atoms with Crippen LogP contribution in [0.3, 0.4) is 0 Å². The summed E-state index contributed by atoms with van der Waals surface area (Å²) in [5.74, 6) is 1.57. The van der Waals surface area contributed by atoms with E-state index in [1.54, 1.807) is 0 Å². The fourth-order valence-electron chi connectivity index (χ4n) is 2.57. The molecule has 3 nitrogen and oxygen atoms in total. The summed E-state index contributed by atoms with van der Waals surface area (Å²) in [5.41, 5.74) is 9.38. The monoisotopic (exact) mass is 190 g/mol. The van der Waals surface area contributed by atoms with Crippen LogP contribution < -0.4 is 10.5 Å². The van der Waals surface area contributed by atoms with Crippen LogP contribution in [0.25, 0.3) is 0 Å². The number of likely N-dealkylation sites (N-methyl/N-ethyl adjacent to an activating group) is 1. The standard InChI is InChI=1S/C11H14N2O/c1-13-4-7-2-9(12)3-10-11(7)8(5-13)6-14-10/h2-3,8H,4-6,12H2,1H3. The third kappa shape index (κ3) is 1.02. The zero-order valence-electron chi connectivity index (χ0n) is 8.29. The molecule has 1 unspecified atom stereocenters. The molecule has 0 aromatic heterocycles. The summed E-state index contributed by atoms with van der Waals surface area (Å²) in [7, 11) is 2.14. The Kier molecular flexibility index (Phi) is 1.53. The van der Waals surface area contributed by atoms with Crippen LogP contribution in [0.5, 0.6) is 5.75 Å². The van der Waals surface area contributed by atoms with Gasteiger partial charge < -0.3 is 15.4 Å². The van der Waals surface area contributed by atoms with Gasteiger partial charge in [-0.1, -0.05) is 0 Å². The summed E-state index contributed by atoms with van der Waals surface area (Å²) in [6, 6.07) is 4.03. The molecule has 0 bridgehead atoms. The van der Waals surface area contributed by atoms with Gasteiger partial charge in [0.2, 0.25) is 0 Å². The lowest BCUT2D eigenvalue weighted by Crippen LogP contribution is -2.30. The topological polar surface area (TPSA) is 38.5 Å². The molecule has 14 heavy (non-hydrogen) atoms. The zero-order valence-corrected chi connectivity index (χ0v) is 8.29. The van der Waals surface area contributed by atoms with Crippen LogP contribution in [-0.4, -0.2) is 25.1 Å². The van der Waals surface area contributed by atoms with E-state index in [0.29, 0.717) is 5.92 Å². The van der Waals surface area contributed by atoms with Gasteiger partial charge >= 0.3 is 0 Å². The van der Waals surface area contributed by atoms with Gasteiger partial charge in [0.05, 0.1) is 6.61 Å². The van der Waals surface area contributed by atoms with Gasteiger partial charge in [-0.2, -0.15) is 0 Å². The second kappa shape index (κ2) is 2.64. The average molecular weight is 190 g/mol. The maximum absolute atomic E-state index is 5.82. The number of hydrogen-bond donors (Lipinski definition) is 1. The molecule has 3 rings (SSSR count). The summed E-state index contributed by atoms with van der Waals surface area (Å²) in [5, 5.41) is 0. The van der Waals surface area contributed by atoms with Crippen LogP contribution >= 0.6 is 0 Å². The molecule has 2 heterocycles. The minimum atomic E-state index is 0.555. The highest BCUT2D eigenvalue weighted by Gasteiger charge is 2.32. The van der Waals surface area contributed by atoms with E-state index in [-0.39, 0.29) is 0 Å². The normalized spacial score (nSPS) is 24.5. The van der Waals surface area contributed by atoms with Gasteiger partial charge in [-0.05, 0) is 18.7 Å². The van der Waals surface area contributed by atoms with Crippen LogP contribution in [0.1, 0.15) is 17.0 Å². The number of rotatable bonds is 0. The largest absolute Gasteiger partial charge is 0.493 e. The van der Waals surface area contributed by atoms with Crippen molar-refractivity contribution in [3.63, 3.8) is 0 Å². The Morgan fingerprint density at radius 3 is 3.21 bits per heavy atom. The quantitative estimate of drug-likeness (QED) is 0.624. The molecule has 0 radical (unpaired) electrons. The number of anilines is 1. The second-order valence-corrected chi connectivity index (χ2v) is 4.30. The molecular weight excluding hydrogens is 176 g/mol. The summed E-state index contributed by atoms with van der Waals surface area (Å²) < 4.78 is 5.65. The lowest BCUT2D eigenvalue weighted by Gasteiger charge is -2.28. The van der Waals surface area contributed by atoms with Crippen molar-refractivity contribution in [3.05, 3.63) is 23.3 Å². The lowest BCUT2D eigenvalue weighted by molar-refractivity contribution is 0.251. The van der Waals surface area contributed by atoms with Gasteiger partial charge in [0.25, 0.3) is 0 Å². The zero-order chi connectivity index (χ0) is 9.71. The Hall–Kier alpha value is -1.22. The van der Waals surface area contributed by atoms with Crippen LogP contribution in [0.2, 0.25) is 0 Å². The molecular formula is C11H14N2O. The van der Waals surface area contributed by atoms with Gasteiger partial charge in [-0.3, -0.25) is 0 Å². The third-order valence-corrected chi connectivity index (χ3v) is 3.07. The highest BCUT2D eigenvalue weighted by Crippen LogP contribution is 2.41. The first-order valence-electron chi connectivity index (χ1n) is 4.97. The maximum atomic E-state index is 5.82. The molecule has 0 saturated carbocycles. The molecule has 0 amide bonds. The van der Waals surface area contributed by atoms with Crippen LogP contribution in [0.4, 0.5) is 5.69 Å². The summed E-state index contributed by atoms with van der Waals surface area (Å²) in [4.78, 5) is 2.32. The average Bonchev–Trinajstić information content (AvgIpc) is 2.48. The van der Waals surface area contributed by atoms with Gasteiger partial charge in [0, 0.05) is 36.3 Å². The van der Waals surface area contributed by atoms with Crippen LogP contribution in [0.15, 0.2) is 12.1 Å². The third-order valence-electron chi connectivity index (χ3n) is 3.07. The SMILES string of the molecule is CN1Cc2cc(N)cc3c2C(CO3)C1. The van der Waals surface area contributed by atoms with E-state index < -0.39 is 0 Å². The molecule has 0 saturated heterocycles. The van der Waals surface area contributed by atoms with Crippen molar-refractivity contribution >= 4 is 5.69 Å². The van der Waals surface area contributed by atoms with Crippen molar-refractivity contribution in [1.82, 2.24) is 4.90 Å². The molecule has 1 atom stereocenters. The molecule has 0 aliphatic carbocycles. The summed E-state index contributed by atoms with van der Waals surface area (Å²) in [6.07, 6.45) is 0. The van der Waals surface area contributed by atoms with Crippen molar-refractivity contribution in [2.75, 3.05) is 25.9 Å². The Balaban J connectivity index is 2.18. The fraction of sp³-hybridized carbons (Fsp3) is 0.455. The van der Waals surface area contributed by atoms with E-state index in [1.807, 2.05) is 6.07 Å². The Bertz CT molecular complexity index is 389. The first-order valence-corrected chi connectivity index (χ1v) is 4.97. The van der Waals surface area contributed by atoms with E-state index in [9.17, 15) is 0 Å². The van der Waals surface area contributed by atoms with Crippen molar-refractivity contribution < 1.29 is 4.74 Å². The molecule has 3 heteroatoms. The smallest absolute Gasteiger partial charge is 0.125 e. The Labute approximate surface area is 83.5 Å². The van der Waals surface area contributed by atoms with E-state index in [4.69, 9.17) is 10.5 Å². The van der Waals surface area contributed by atoms with E-state index in [2.05, 4.69) is 18.0 Å². The lowest BCUT2D eigenvalue weighted by atomic mass is 9.91. The van der Waals surface area contributed by atoms with E-state index >= 15 is 0 Å². The number of nitrogen functional groups attached to an aromatic ring is 1. The predicted molar refractivity (Wildman–Crippen MR) is 55.4 cm³/mol. The van der Waals surface area contributed by atoms with Gasteiger partial charge in [-0.15, -0.1) is 0 Å². The molecule has 74 valence electrons. The molecule has 2 aliphatic rings. The number of benzene rings is 1. The summed E-state index contributed by atoms with van der Waals surface area (Å²) >= 11 is 0. The van der Waals surface area contributed by atoms with E-state index in [0.717, 1.165) is 31.1 Å². The molecule has 2 aliphatic heterocycles. The Morgan fingerprint density at radius 2 is 2.36 bits per heavy atom.